The SMILES string of the molecule is C[C@@H]1[C@@H](C)CCC[C@H]1NC(=O)[C@@H](C)OC(=O)COc1ccccc1. The summed E-state index contributed by atoms with van der Waals surface area (Å²) in [5.74, 6) is 0.838. The fourth-order valence-electron chi connectivity index (χ4n) is 3.03. The Labute approximate surface area is 143 Å². The molecule has 0 aliphatic heterocycles. The fraction of sp³-hybridized carbons (Fsp3) is 0.579. The van der Waals surface area contributed by atoms with Gasteiger partial charge in [-0.1, -0.05) is 44.9 Å². The summed E-state index contributed by atoms with van der Waals surface area (Å²) in [6, 6.07) is 9.18. The Kier molecular flexibility index (Phi) is 6.64. The van der Waals surface area contributed by atoms with E-state index in [9.17, 15) is 9.59 Å². The molecule has 5 heteroatoms. The molecule has 1 aliphatic carbocycles. The second-order valence-corrected chi connectivity index (χ2v) is 6.62. The van der Waals surface area contributed by atoms with Gasteiger partial charge in [-0.05, 0) is 37.3 Å². The van der Waals surface area contributed by atoms with Crippen LogP contribution in [0.2, 0.25) is 0 Å². The zero-order valence-electron chi connectivity index (χ0n) is 14.7. The third kappa shape index (κ3) is 5.25. The van der Waals surface area contributed by atoms with Gasteiger partial charge in [-0.25, -0.2) is 4.79 Å². The molecule has 1 aromatic carbocycles. The van der Waals surface area contributed by atoms with Crippen LogP contribution in [-0.2, 0) is 14.3 Å². The van der Waals surface area contributed by atoms with Crippen LogP contribution >= 0.6 is 0 Å². The van der Waals surface area contributed by atoms with Crippen LogP contribution in [0.25, 0.3) is 0 Å². The molecule has 2 rings (SSSR count). The average molecular weight is 333 g/mol. The predicted molar refractivity (Wildman–Crippen MR) is 91.6 cm³/mol. The number of amides is 1. The molecule has 0 unspecified atom stereocenters. The maximum Gasteiger partial charge on any atom is 0.344 e. The number of rotatable bonds is 6. The van der Waals surface area contributed by atoms with Crippen molar-refractivity contribution in [3.05, 3.63) is 30.3 Å². The van der Waals surface area contributed by atoms with Crippen molar-refractivity contribution in [1.82, 2.24) is 5.32 Å². The predicted octanol–water partition coefficient (Wildman–Crippen LogP) is 2.94. The van der Waals surface area contributed by atoms with Crippen molar-refractivity contribution in [1.29, 1.82) is 0 Å². The van der Waals surface area contributed by atoms with Crippen LogP contribution < -0.4 is 10.1 Å². The molecule has 1 aromatic rings. The molecule has 0 saturated heterocycles. The van der Waals surface area contributed by atoms with E-state index in [0.29, 0.717) is 17.6 Å². The molecule has 132 valence electrons. The standard InChI is InChI=1S/C19H27NO4/c1-13-8-7-11-17(14(13)2)20-19(22)15(3)24-18(21)12-23-16-9-5-4-6-10-16/h4-6,9-10,13-15,17H,7-8,11-12H2,1-3H3,(H,20,22)/t13-,14+,15+,17+/m0/s1. The largest absolute Gasteiger partial charge is 0.482 e. The highest BCUT2D eigenvalue weighted by molar-refractivity contribution is 5.83. The molecule has 1 saturated carbocycles. The summed E-state index contributed by atoms with van der Waals surface area (Å²) in [4.78, 5) is 24.1. The van der Waals surface area contributed by atoms with Crippen LogP contribution in [-0.4, -0.2) is 30.6 Å². The van der Waals surface area contributed by atoms with Crippen LogP contribution in [0.3, 0.4) is 0 Å². The fourth-order valence-corrected chi connectivity index (χ4v) is 3.03. The van der Waals surface area contributed by atoms with Gasteiger partial charge in [-0.2, -0.15) is 0 Å². The van der Waals surface area contributed by atoms with E-state index in [-0.39, 0.29) is 18.6 Å². The van der Waals surface area contributed by atoms with Crippen molar-refractivity contribution in [2.75, 3.05) is 6.61 Å². The van der Waals surface area contributed by atoms with Gasteiger partial charge in [-0.3, -0.25) is 4.79 Å². The van der Waals surface area contributed by atoms with Gasteiger partial charge in [0.15, 0.2) is 12.7 Å². The van der Waals surface area contributed by atoms with Gasteiger partial charge >= 0.3 is 5.97 Å². The minimum Gasteiger partial charge on any atom is -0.482 e. The van der Waals surface area contributed by atoms with Gasteiger partial charge in [0.25, 0.3) is 5.91 Å². The molecule has 0 heterocycles. The second kappa shape index (κ2) is 8.71. The van der Waals surface area contributed by atoms with Crippen molar-refractivity contribution in [3.63, 3.8) is 0 Å². The van der Waals surface area contributed by atoms with E-state index in [1.807, 2.05) is 18.2 Å². The minimum absolute atomic E-state index is 0.156. The molecular weight excluding hydrogens is 306 g/mol. The lowest BCUT2D eigenvalue weighted by Crippen LogP contribution is -2.47. The highest BCUT2D eigenvalue weighted by Gasteiger charge is 2.30. The van der Waals surface area contributed by atoms with Crippen molar-refractivity contribution >= 4 is 11.9 Å². The molecule has 0 radical (unpaired) electrons. The lowest BCUT2D eigenvalue weighted by molar-refractivity contribution is -0.157. The Morgan fingerprint density at radius 2 is 1.92 bits per heavy atom. The number of ether oxygens (including phenoxy) is 2. The van der Waals surface area contributed by atoms with E-state index >= 15 is 0 Å². The number of carbonyl (C=O) groups excluding carboxylic acids is 2. The summed E-state index contributed by atoms with van der Waals surface area (Å²) in [5.41, 5.74) is 0. The van der Waals surface area contributed by atoms with E-state index in [1.54, 1.807) is 19.1 Å². The number of nitrogens with one attached hydrogen (secondary N) is 1. The quantitative estimate of drug-likeness (QED) is 0.813. The van der Waals surface area contributed by atoms with E-state index < -0.39 is 12.1 Å². The topological polar surface area (TPSA) is 64.6 Å². The van der Waals surface area contributed by atoms with E-state index in [2.05, 4.69) is 19.2 Å². The van der Waals surface area contributed by atoms with E-state index in [4.69, 9.17) is 9.47 Å². The maximum atomic E-state index is 12.2. The lowest BCUT2D eigenvalue weighted by Gasteiger charge is -2.35. The first-order chi connectivity index (χ1) is 11.5. The summed E-state index contributed by atoms with van der Waals surface area (Å²) in [6.45, 7) is 5.76. The molecule has 4 atom stereocenters. The number of esters is 1. The number of para-hydroxylation sites is 1. The first-order valence-electron chi connectivity index (χ1n) is 8.65. The summed E-state index contributed by atoms with van der Waals surface area (Å²) < 4.78 is 10.5. The molecule has 5 nitrogen and oxygen atoms in total. The summed E-state index contributed by atoms with van der Waals surface area (Å²) in [6.07, 6.45) is 2.49. The van der Waals surface area contributed by atoms with Gasteiger partial charge in [0.05, 0.1) is 0 Å². The Morgan fingerprint density at radius 1 is 1.21 bits per heavy atom. The third-order valence-electron chi connectivity index (χ3n) is 4.81. The minimum atomic E-state index is -0.818. The summed E-state index contributed by atoms with van der Waals surface area (Å²) >= 11 is 0. The Bertz CT molecular complexity index is 546. The molecule has 1 amide bonds. The molecule has 1 fully saturated rings. The molecule has 24 heavy (non-hydrogen) atoms. The van der Waals surface area contributed by atoms with Crippen molar-refractivity contribution < 1.29 is 19.1 Å². The Morgan fingerprint density at radius 3 is 2.62 bits per heavy atom. The average Bonchev–Trinajstić information content (AvgIpc) is 2.58. The van der Waals surface area contributed by atoms with E-state index in [1.165, 1.54) is 6.42 Å². The maximum absolute atomic E-state index is 12.2. The monoisotopic (exact) mass is 333 g/mol. The Hall–Kier alpha value is -2.04. The summed E-state index contributed by atoms with van der Waals surface area (Å²) in [5, 5.41) is 3.02. The van der Waals surface area contributed by atoms with Crippen LogP contribution in [0, 0.1) is 11.8 Å². The van der Waals surface area contributed by atoms with Crippen LogP contribution in [0.5, 0.6) is 5.75 Å². The number of hydrogen-bond acceptors (Lipinski definition) is 4. The van der Waals surface area contributed by atoms with Gasteiger partial charge in [0.2, 0.25) is 0 Å². The molecule has 0 bridgehead atoms. The van der Waals surface area contributed by atoms with Gasteiger partial charge < -0.3 is 14.8 Å². The van der Waals surface area contributed by atoms with Gasteiger partial charge in [0, 0.05) is 6.04 Å². The first kappa shape index (κ1) is 18.3. The zero-order valence-corrected chi connectivity index (χ0v) is 14.7. The van der Waals surface area contributed by atoms with Gasteiger partial charge in [-0.15, -0.1) is 0 Å². The van der Waals surface area contributed by atoms with E-state index in [0.717, 1.165) is 12.8 Å². The van der Waals surface area contributed by atoms with Gasteiger partial charge in [0.1, 0.15) is 5.75 Å². The number of hydrogen-bond donors (Lipinski definition) is 1. The van der Waals surface area contributed by atoms with Crippen LogP contribution in [0.1, 0.15) is 40.0 Å². The van der Waals surface area contributed by atoms with Crippen LogP contribution in [0.4, 0.5) is 0 Å². The molecule has 1 N–H and O–H groups in total. The molecule has 0 spiro atoms. The highest BCUT2D eigenvalue weighted by Crippen LogP contribution is 2.29. The number of benzene rings is 1. The lowest BCUT2D eigenvalue weighted by atomic mass is 9.78. The molecule has 0 aromatic heterocycles. The first-order valence-corrected chi connectivity index (χ1v) is 8.65. The third-order valence-corrected chi connectivity index (χ3v) is 4.81. The molecular formula is C19H27NO4. The highest BCUT2D eigenvalue weighted by atomic mass is 16.6. The van der Waals surface area contributed by atoms with Crippen molar-refractivity contribution in [2.45, 2.75) is 52.2 Å². The number of carbonyl (C=O) groups is 2. The Balaban J connectivity index is 1.75. The van der Waals surface area contributed by atoms with Crippen molar-refractivity contribution in [3.8, 4) is 5.75 Å². The smallest absolute Gasteiger partial charge is 0.344 e. The normalized spacial score (nSPS) is 24.7. The molecule has 1 aliphatic rings. The zero-order chi connectivity index (χ0) is 17.5. The second-order valence-electron chi connectivity index (χ2n) is 6.62. The summed E-state index contributed by atoms with van der Waals surface area (Å²) in [7, 11) is 0. The van der Waals surface area contributed by atoms with Crippen molar-refractivity contribution in [2.24, 2.45) is 11.8 Å². The van der Waals surface area contributed by atoms with Crippen LogP contribution in [0.15, 0.2) is 30.3 Å².